The van der Waals surface area contributed by atoms with Gasteiger partial charge in [-0.1, -0.05) is 24.3 Å². The van der Waals surface area contributed by atoms with Gasteiger partial charge < -0.3 is 4.74 Å². The number of hydrogen-bond acceptors (Lipinski definition) is 6. The Hall–Kier alpha value is -3.11. The number of ether oxygens (including phenoxy) is 1. The zero-order valence-corrected chi connectivity index (χ0v) is 16.1. The lowest BCUT2D eigenvalue weighted by molar-refractivity contribution is -0.149. The van der Waals surface area contributed by atoms with Gasteiger partial charge in [0.05, 0.1) is 22.8 Å². The second kappa shape index (κ2) is 8.72. The van der Waals surface area contributed by atoms with Crippen molar-refractivity contribution in [2.24, 2.45) is 0 Å². The molecule has 28 heavy (non-hydrogen) atoms. The number of amides is 2. The number of hydrogen-bond donors (Lipinski definition) is 0. The van der Waals surface area contributed by atoms with Crippen LogP contribution in [0.15, 0.2) is 48.5 Å². The summed E-state index contributed by atoms with van der Waals surface area (Å²) < 4.78 is 5.39. The van der Waals surface area contributed by atoms with Crippen LogP contribution in [0.4, 0.5) is 0 Å². The lowest BCUT2D eigenvalue weighted by Gasteiger charge is -2.24. The van der Waals surface area contributed by atoms with Crippen molar-refractivity contribution in [3.05, 3.63) is 70.8 Å². The molecule has 0 radical (unpaired) electrons. The van der Waals surface area contributed by atoms with Crippen molar-refractivity contribution in [1.82, 2.24) is 4.90 Å². The molecule has 0 aromatic heterocycles. The van der Waals surface area contributed by atoms with Crippen LogP contribution in [-0.4, -0.2) is 40.7 Å². The van der Waals surface area contributed by atoms with Gasteiger partial charge in [-0.15, -0.1) is 0 Å². The van der Waals surface area contributed by atoms with E-state index < -0.39 is 23.8 Å². The summed E-state index contributed by atoms with van der Waals surface area (Å²) in [5.74, 6) is -0.993. The highest BCUT2D eigenvalue weighted by molar-refractivity contribution is 7.98. The van der Waals surface area contributed by atoms with Crippen molar-refractivity contribution in [2.45, 2.75) is 19.1 Å². The van der Waals surface area contributed by atoms with E-state index in [-0.39, 0.29) is 6.61 Å². The maximum Gasteiger partial charge on any atom is 0.329 e. The van der Waals surface area contributed by atoms with Crippen LogP contribution in [0.3, 0.4) is 0 Å². The monoisotopic (exact) mass is 394 g/mol. The molecule has 2 amide bonds. The molecule has 0 fully saturated rings. The molecule has 3 rings (SSSR count). The van der Waals surface area contributed by atoms with Crippen molar-refractivity contribution in [3.63, 3.8) is 0 Å². The molecule has 1 atom stereocenters. The van der Waals surface area contributed by atoms with E-state index in [0.29, 0.717) is 34.4 Å². The van der Waals surface area contributed by atoms with Gasteiger partial charge >= 0.3 is 5.97 Å². The number of imide groups is 1. The highest BCUT2D eigenvalue weighted by Gasteiger charge is 2.43. The third-order valence-electron chi connectivity index (χ3n) is 4.44. The molecule has 0 spiro atoms. The quantitative estimate of drug-likeness (QED) is 0.530. The standard InChI is InChI=1S/C21H18N2O4S/c1-28-10-9-18(21(26)27-13-15-6-4-5-14(11-15)12-22)23-19(24)16-7-2-3-8-17(16)20(23)25/h2-8,11,18H,9-10,13H2,1H3. The molecule has 1 unspecified atom stereocenters. The van der Waals surface area contributed by atoms with Crippen LogP contribution in [0.1, 0.15) is 38.3 Å². The number of thioether (sulfide) groups is 1. The normalized spacial score (nSPS) is 13.8. The molecule has 6 nitrogen and oxygen atoms in total. The van der Waals surface area contributed by atoms with Crippen molar-refractivity contribution in [2.75, 3.05) is 12.0 Å². The molecular weight excluding hydrogens is 376 g/mol. The van der Waals surface area contributed by atoms with Gasteiger partial charge in [0.1, 0.15) is 12.6 Å². The van der Waals surface area contributed by atoms with Crippen LogP contribution in [0.5, 0.6) is 0 Å². The summed E-state index contributed by atoms with van der Waals surface area (Å²) in [5.41, 5.74) is 1.73. The lowest BCUT2D eigenvalue weighted by atomic mass is 10.1. The van der Waals surface area contributed by atoms with E-state index in [9.17, 15) is 14.4 Å². The van der Waals surface area contributed by atoms with Crippen LogP contribution in [-0.2, 0) is 16.1 Å². The topological polar surface area (TPSA) is 87.5 Å². The molecule has 1 aliphatic heterocycles. The van der Waals surface area contributed by atoms with Crippen LogP contribution < -0.4 is 0 Å². The third-order valence-corrected chi connectivity index (χ3v) is 5.09. The molecule has 2 aromatic rings. The number of fused-ring (bicyclic) bond motifs is 1. The molecule has 1 aliphatic rings. The van der Waals surface area contributed by atoms with Gasteiger partial charge in [-0.25, -0.2) is 4.79 Å². The summed E-state index contributed by atoms with van der Waals surface area (Å²) in [6.45, 7) is -0.0344. The Morgan fingerprint density at radius 3 is 2.43 bits per heavy atom. The average Bonchev–Trinajstić information content (AvgIpc) is 2.98. The Labute approximate surface area is 167 Å². The average molecular weight is 394 g/mol. The first-order valence-electron chi connectivity index (χ1n) is 8.68. The first-order valence-corrected chi connectivity index (χ1v) is 10.1. The molecule has 2 aromatic carbocycles. The van der Waals surface area contributed by atoms with E-state index >= 15 is 0 Å². The predicted octanol–water partition coefficient (Wildman–Crippen LogP) is 3.02. The fourth-order valence-corrected chi connectivity index (χ4v) is 3.51. The Balaban J connectivity index is 1.78. The van der Waals surface area contributed by atoms with Crippen LogP contribution >= 0.6 is 11.8 Å². The maximum absolute atomic E-state index is 12.8. The predicted molar refractivity (Wildman–Crippen MR) is 105 cm³/mol. The smallest absolute Gasteiger partial charge is 0.329 e. The molecule has 0 saturated carbocycles. The summed E-state index contributed by atoms with van der Waals surface area (Å²) in [6, 6.07) is 14.3. The summed E-state index contributed by atoms with van der Waals surface area (Å²) in [6.07, 6.45) is 2.20. The van der Waals surface area contributed by atoms with Gasteiger partial charge in [-0.05, 0) is 48.3 Å². The highest BCUT2D eigenvalue weighted by Crippen LogP contribution is 2.26. The molecule has 0 aliphatic carbocycles. The molecule has 0 saturated heterocycles. The Kier molecular flexibility index (Phi) is 6.12. The van der Waals surface area contributed by atoms with E-state index in [1.54, 1.807) is 48.5 Å². The molecule has 0 N–H and O–H groups in total. The number of rotatable bonds is 7. The second-order valence-electron chi connectivity index (χ2n) is 6.24. The van der Waals surface area contributed by atoms with Crippen molar-refractivity contribution >= 4 is 29.5 Å². The van der Waals surface area contributed by atoms with E-state index in [1.165, 1.54) is 11.8 Å². The molecule has 7 heteroatoms. The summed E-state index contributed by atoms with van der Waals surface area (Å²) in [7, 11) is 0. The minimum absolute atomic E-state index is 0.0344. The second-order valence-corrected chi connectivity index (χ2v) is 7.23. The SMILES string of the molecule is CSCCC(C(=O)OCc1cccc(C#N)c1)N1C(=O)c2ccccc2C1=O. The van der Waals surface area contributed by atoms with Crippen molar-refractivity contribution in [3.8, 4) is 6.07 Å². The van der Waals surface area contributed by atoms with E-state index in [0.717, 1.165) is 4.90 Å². The highest BCUT2D eigenvalue weighted by atomic mass is 32.2. The van der Waals surface area contributed by atoms with Crippen LogP contribution in [0, 0.1) is 11.3 Å². The fourth-order valence-electron chi connectivity index (χ4n) is 3.05. The third kappa shape index (κ3) is 3.92. The minimum Gasteiger partial charge on any atom is -0.459 e. The number of esters is 1. The first-order chi connectivity index (χ1) is 13.6. The van der Waals surface area contributed by atoms with Gasteiger partial charge in [-0.3, -0.25) is 14.5 Å². The Bertz CT molecular complexity index is 932. The molecule has 142 valence electrons. The Morgan fingerprint density at radius 2 is 1.82 bits per heavy atom. The summed E-state index contributed by atoms with van der Waals surface area (Å²) in [4.78, 5) is 39.2. The van der Waals surface area contributed by atoms with Gasteiger partial charge in [0.2, 0.25) is 0 Å². The molecule has 1 heterocycles. The summed E-state index contributed by atoms with van der Waals surface area (Å²) in [5, 5.41) is 8.97. The van der Waals surface area contributed by atoms with Crippen LogP contribution in [0.25, 0.3) is 0 Å². The fraction of sp³-hybridized carbons (Fsp3) is 0.238. The van der Waals surface area contributed by atoms with Gasteiger partial charge in [0, 0.05) is 0 Å². The number of nitriles is 1. The largest absolute Gasteiger partial charge is 0.459 e. The van der Waals surface area contributed by atoms with Gasteiger partial charge in [0.25, 0.3) is 11.8 Å². The van der Waals surface area contributed by atoms with Gasteiger partial charge in [0.15, 0.2) is 0 Å². The minimum atomic E-state index is -0.987. The van der Waals surface area contributed by atoms with Crippen molar-refractivity contribution < 1.29 is 19.1 Å². The van der Waals surface area contributed by atoms with E-state index in [1.807, 2.05) is 12.3 Å². The molecular formula is C21H18N2O4S. The summed E-state index contributed by atoms with van der Waals surface area (Å²) >= 11 is 1.52. The van der Waals surface area contributed by atoms with Crippen molar-refractivity contribution in [1.29, 1.82) is 5.26 Å². The van der Waals surface area contributed by atoms with Crippen LogP contribution in [0.2, 0.25) is 0 Å². The zero-order valence-electron chi connectivity index (χ0n) is 15.3. The van der Waals surface area contributed by atoms with E-state index in [4.69, 9.17) is 10.00 Å². The molecule has 0 bridgehead atoms. The van der Waals surface area contributed by atoms with Gasteiger partial charge in [-0.2, -0.15) is 17.0 Å². The Morgan fingerprint density at radius 1 is 1.14 bits per heavy atom. The number of benzene rings is 2. The number of nitrogens with zero attached hydrogens (tertiary/aromatic N) is 2. The van der Waals surface area contributed by atoms with E-state index in [2.05, 4.69) is 0 Å². The number of carbonyl (C=O) groups excluding carboxylic acids is 3. The maximum atomic E-state index is 12.8. The lowest BCUT2D eigenvalue weighted by Crippen LogP contribution is -2.46. The first kappa shape index (κ1) is 19.6. The number of carbonyl (C=O) groups is 3. The zero-order chi connectivity index (χ0) is 20.1.